The number of nitrogens with zero attached hydrogens (tertiary/aromatic N) is 2. The zero-order valence-corrected chi connectivity index (χ0v) is 11.5. The lowest BCUT2D eigenvalue weighted by Gasteiger charge is -2.32. The normalized spacial score (nSPS) is 20.4. The molecule has 2 heterocycles. The van der Waals surface area contributed by atoms with Gasteiger partial charge in [0.05, 0.1) is 7.11 Å². The number of halogens is 1. The Labute approximate surface area is 110 Å². The third-order valence-corrected chi connectivity index (χ3v) is 4.45. The second-order valence-corrected chi connectivity index (χ2v) is 5.48. The molecule has 0 radical (unpaired) electrons. The molecule has 4 nitrogen and oxygen atoms in total. The van der Waals surface area contributed by atoms with Crippen LogP contribution in [0.2, 0.25) is 5.15 Å². The van der Waals surface area contributed by atoms with E-state index in [0.29, 0.717) is 10.9 Å². The Bertz CT molecular complexity index is 422. The van der Waals surface area contributed by atoms with E-state index >= 15 is 0 Å². The molecule has 1 unspecified atom stereocenters. The van der Waals surface area contributed by atoms with E-state index in [1.165, 1.54) is 24.9 Å². The maximum absolute atomic E-state index is 11.5. The number of ether oxygens (including phenoxy) is 1. The number of piperidine rings is 1. The molecule has 0 aliphatic carbocycles. The highest BCUT2D eigenvalue weighted by Crippen LogP contribution is 2.33. The molecular formula is C11H15ClN2O2S. The van der Waals surface area contributed by atoms with Crippen LogP contribution < -0.4 is 4.90 Å². The molecule has 17 heavy (non-hydrogen) atoms. The van der Waals surface area contributed by atoms with E-state index in [1.807, 2.05) is 0 Å². The lowest BCUT2D eigenvalue weighted by molar-refractivity contribution is 0.0606. The van der Waals surface area contributed by atoms with E-state index in [9.17, 15) is 4.79 Å². The molecule has 6 heteroatoms. The van der Waals surface area contributed by atoms with Crippen molar-refractivity contribution in [3.8, 4) is 0 Å². The van der Waals surface area contributed by atoms with Crippen LogP contribution in [0.4, 0.5) is 5.13 Å². The van der Waals surface area contributed by atoms with Crippen molar-refractivity contribution >= 4 is 34.0 Å². The first kappa shape index (κ1) is 12.6. The van der Waals surface area contributed by atoms with Crippen molar-refractivity contribution in [1.82, 2.24) is 4.98 Å². The Morgan fingerprint density at radius 2 is 2.35 bits per heavy atom. The zero-order chi connectivity index (χ0) is 12.4. The van der Waals surface area contributed by atoms with Gasteiger partial charge in [0.15, 0.2) is 15.2 Å². The average molecular weight is 275 g/mol. The van der Waals surface area contributed by atoms with Crippen LogP contribution in [0.5, 0.6) is 0 Å². The molecule has 1 saturated heterocycles. The van der Waals surface area contributed by atoms with Crippen LogP contribution in [0.15, 0.2) is 0 Å². The molecule has 1 aliphatic heterocycles. The standard InChI is InChI=1S/C11H15ClN2O2S/c1-7-5-3-4-6-14(7)11-13-9(12)8(17-11)10(15)16-2/h7H,3-6H2,1-2H3. The van der Waals surface area contributed by atoms with Gasteiger partial charge in [-0.3, -0.25) is 0 Å². The van der Waals surface area contributed by atoms with Gasteiger partial charge in [-0.15, -0.1) is 0 Å². The molecule has 94 valence electrons. The monoisotopic (exact) mass is 274 g/mol. The highest BCUT2D eigenvalue weighted by atomic mass is 35.5. The number of carbonyl (C=O) groups is 1. The summed E-state index contributed by atoms with van der Waals surface area (Å²) < 4.78 is 4.67. The number of rotatable bonds is 2. The lowest BCUT2D eigenvalue weighted by atomic mass is 10.1. The number of aromatic nitrogens is 1. The predicted molar refractivity (Wildman–Crippen MR) is 69.1 cm³/mol. The number of hydrogen-bond acceptors (Lipinski definition) is 5. The second kappa shape index (κ2) is 5.23. The van der Waals surface area contributed by atoms with Gasteiger partial charge in [-0.25, -0.2) is 9.78 Å². The Kier molecular flexibility index (Phi) is 3.89. The van der Waals surface area contributed by atoms with Gasteiger partial charge >= 0.3 is 5.97 Å². The highest BCUT2D eigenvalue weighted by molar-refractivity contribution is 7.18. The molecule has 0 aromatic carbocycles. The Balaban J connectivity index is 2.24. The van der Waals surface area contributed by atoms with Crippen LogP contribution in [0, 0.1) is 0 Å². The largest absolute Gasteiger partial charge is 0.465 e. The van der Waals surface area contributed by atoms with Crippen molar-refractivity contribution in [1.29, 1.82) is 0 Å². The molecular weight excluding hydrogens is 260 g/mol. The summed E-state index contributed by atoms with van der Waals surface area (Å²) in [6.07, 6.45) is 3.57. The van der Waals surface area contributed by atoms with Crippen LogP contribution in [-0.2, 0) is 4.74 Å². The van der Waals surface area contributed by atoms with E-state index in [4.69, 9.17) is 11.6 Å². The van der Waals surface area contributed by atoms with E-state index in [2.05, 4.69) is 21.5 Å². The maximum atomic E-state index is 11.5. The van der Waals surface area contributed by atoms with Gasteiger partial charge in [0, 0.05) is 12.6 Å². The summed E-state index contributed by atoms with van der Waals surface area (Å²) in [6, 6.07) is 0.455. The van der Waals surface area contributed by atoms with Crippen LogP contribution in [0.3, 0.4) is 0 Å². The van der Waals surface area contributed by atoms with Gasteiger partial charge in [-0.2, -0.15) is 0 Å². The number of anilines is 1. The number of hydrogen-bond donors (Lipinski definition) is 0. The zero-order valence-electron chi connectivity index (χ0n) is 9.90. The van der Waals surface area contributed by atoms with E-state index in [1.54, 1.807) is 0 Å². The lowest BCUT2D eigenvalue weighted by Crippen LogP contribution is -2.37. The molecule has 0 saturated carbocycles. The fourth-order valence-corrected chi connectivity index (χ4v) is 3.34. The minimum atomic E-state index is -0.414. The van der Waals surface area contributed by atoms with Crippen molar-refractivity contribution in [3.63, 3.8) is 0 Å². The summed E-state index contributed by atoms with van der Waals surface area (Å²) in [4.78, 5) is 18.3. The second-order valence-electron chi connectivity index (χ2n) is 4.15. The van der Waals surface area contributed by atoms with Crippen LogP contribution >= 0.6 is 22.9 Å². The number of carbonyl (C=O) groups excluding carboxylic acids is 1. The van der Waals surface area contributed by atoms with Crippen molar-refractivity contribution in [2.45, 2.75) is 32.2 Å². The molecule has 1 aromatic heterocycles. The first-order valence-electron chi connectivity index (χ1n) is 5.64. The van der Waals surface area contributed by atoms with Crippen LogP contribution in [0.25, 0.3) is 0 Å². The highest BCUT2D eigenvalue weighted by Gasteiger charge is 2.25. The molecule has 0 bridgehead atoms. The minimum absolute atomic E-state index is 0.245. The first-order chi connectivity index (χ1) is 8.13. The number of esters is 1. The Morgan fingerprint density at radius 3 is 3.00 bits per heavy atom. The van der Waals surface area contributed by atoms with E-state index in [-0.39, 0.29) is 5.15 Å². The minimum Gasteiger partial charge on any atom is -0.465 e. The van der Waals surface area contributed by atoms with Gasteiger partial charge in [0.1, 0.15) is 0 Å². The first-order valence-corrected chi connectivity index (χ1v) is 6.84. The van der Waals surface area contributed by atoms with Crippen molar-refractivity contribution < 1.29 is 9.53 Å². The van der Waals surface area contributed by atoms with Gasteiger partial charge in [-0.05, 0) is 26.2 Å². The van der Waals surface area contributed by atoms with Crippen molar-refractivity contribution in [2.75, 3.05) is 18.6 Å². The molecule has 1 aromatic rings. The Morgan fingerprint density at radius 1 is 1.59 bits per heavy atom. The topological polar surface area (TPSA) is 42.4 Å². The number of methoxy groups -OCH3 is 1. The maximum Gasteiger partial charge on any atom is 0.351 e. The smallest absolute Gasteiger partial charge is 0.351 e. The Hall–Kier alpha value is -0.810. The summed E-state index contributed by atoms with van der Waals surface area (Å²) in [5.41, 5.74) is 0. The van der Waals surface area contributed by atoms with Crippen molar-refractivity contribution in [3.05, 3.63) is 10.0 Å². The number of thiazole rings is 1. The fourth-order valence-electron chi connectivity index (χ4n) is 2.01. The molecule has 0 spiro atoms. The van der Waals surface area contributed by atoms with Crippen molar-refractivity contribution in [2.24, 2.45) is 0 Å². The summed E-state index contributed by atoms with van der Waals surface area (Å²) >= 11 is 7.27. The summed E-state index contributed by atoms with van der Waals surface area (Å²) in [7, 11) is 1.35. The third kappa shape index (κ3) is 2.55. The van der Waals surface area contributed by atoms with Gasteiger partial charge < -0.3 is 9.64 Å². The average Bonchev–Trinajstić information content (AvgIpc) is 2.71. The molecule has 0 amide bonds. The molecule has 1 aliphatic rings. The predicted octanol–water partition coefficient (Wildman–Crippen LogP) is 2.96. The van der Waals surface area contributed by atoms with E-state index < -0.39 is 5.97 Å². The third-order valence-electron chi connectivity index (χ3n) is 2.99. The summed E-state index contributed by atoms with van der Waals surface area (Å²) in [5, 5.41) is 1.07. The summed E-state index contributed by atoms with van der Waals surface area (Å²) in [6.45, 7) is 3.15. The van der Waals surface area contributed by atoms with Crippen LogP contribution in [0.1, 0.15) is 35.9 Å². The molecule has 2 rings (SSSR count). The van der Waals surface area contributed by atoms with Gasteiger partial charge in [0.2, 0.25) is 0 Å². The van der Waals surface area contributed by atoms with E-state index in [0.717, 1.165) is 24.5 Å². The summed E-state index contributed by atoms with van der Waals surface area (Å²) in [5.74, 6) is -0.414. The molecule has 1 fully saturated rings. The molecule has 0 N–H and O–H groups in total. The quantitative estimate of drug-likeness (QED) is 0.778. The van der Waals surface area contributed by atoms with Gasteiger partial charge in [-0.1, -0.05) is 22.9 Å². The SMILES string of the molecule is COC(=O)c1sc(N2CCCCC2C)nc1Cl. The molecule has 1 atom stereocenters. The fraction of sp³-hybridized carbons (Fsp3) is 0.636. The van der Waals surface area contributed by atoms with Gasteiger partial charge in [0.25, 0.3) is 0 Å². The van der Waals surface area contributed by atoms with Crippen LogP contribution in [-0.4, -0.2) is 30.6 Å².